The summed E-state index contributed by atoms with van der Waals surface area (Å²) in [5, 5.41) is 51.3. The van der Waals surface area contributed by atoms with Crippen molar-refractivity contribution >= 4 is 0 Å². The molecule has 2 aliphatic rings. The molecule has 1 aliphatic heterocycles. The highest BCUT2D eigenvalue weighted by atomic mass is 16.7. The van der Waals surface area contributed by atoms with E-state index in [-0.39, 0.29) is 13.2 Å². The van der Waals surface area contributed by atoms with Gasteiger partial charge in [-0.2, -0.15) is 0 Å². The number of hydrogen-bond acceptors (Lipinski definition) is 8. The van der Waals surface area contributed by atoms with Gasteiger partial charge in [0, 0.05) is 11.1 Å². The summed E-state index contributed by atoms with van der Waals surface area (Å²) in [6, 6.07) is 48.9. The predicted molar refractivity (Wildman–Crippen MR) is 202 cm³/mol. The van der Waals surface area contributed by atoms with Crippen LogP contribution >= 0.6 is 0 Å². The first kappa shape index (κ1) is 34.7. The van der Waals surface area contributed by atoms with Crippen LogP contribution in [0, 0.1) is 0 Å². The van der Waals surface area contributed by atoms with Crippen LogP contribution in [0.15, 0.2) is 146 Å². The van der Waals surface area contributed by atoms with E-state index in [1.807, 2.05) is 78.9 Å². The van der Waals surface area contributed by atoms with E-state index in [0.29, 0.717) is 17.1 Å². The fourth-order valence-corrected chi connectivity index (χ4v) is 7.91. The van der Waals surface area contributed by atoms with Gasteiger partial charge in [-0.3, -0.25) is 0 Å². The van der Waals surface area contributed by atoms with Gasteiger partial charge in [-0.25, -0.2) is 0 Å². The average Bonchev–Trinajstić information content (AvgIpc) is 3.52. The van der Waals surface area contributed by atoms with E-state index in [2.05, 4.69) is 66.7 Å². The molecule has 268 valence electrons. The Morgan fingerprint density at radius 3 is 1.58 bits per heavy atom. The molecule has 53 heavy (non-hydrogen) atoms. The third-order valence-corrected chi connectivity index (χ3v) is 10.4. The zero-order valence-corrected chi connectivity index (χ0v) is 28.8. The molecule has 0 amide bonds. The van der Waals surface area contributed by atoms with E-state index in [1.165, 1.54) is 0 Å². The smallest absolute Gasteiger partial charge is 0.229 e. The lowest BCUT2D eigenvalue weighted by Gasteiger charge is -2.40. The van der Waals surface area contributed by atoms with Gasteiger partial charge in [0.2, 0.25) is 6.29 Å². The van der Waals surface area contributed by atoms with E-state index in [4.69, 9.17) is 14.2 Å². The molecule has 0 spiro atoms. The highest BCUT2D eigenvalue weighted by Crippen LogP contribution is 2.57. The Balaban J connectivity index is 1.37. The lowest BCUT2D eigenvalue weighted by Crippen LogP contribution is -2.60. The van der Waals surface area contributed by atoms with Gasteiger partial charge in [-0.05, 0) is 68.8 Å². The van der Waals surface area contributed by atoms with Gasteiger partial charge in [-0.1, -0.05) is 121 Å². The van der Waals surface area contributed by atoms with Crippen molar-refractivity contribution in [1.82, 2.24) is 0 Å². The first-order valence-electron chi connectivity index (χ1n) is 17.8. The number of fused-ring (bicyclic) bond motifs is 3. The number of ether oxygens (including phenoxy) is 3. The highest BCUT2D eigenvalue weighted by molar-refractivity contribution is 5.88. The second-order valence-electron chi connectivity index (χ2n) is 13.4. The first-order valence-corrected chi connectivity index (χ1v) is 17.8. The summed E-state index contributed by atoms with van der Waals surface area (Å²) in [7, 11) is 0. The van der Waals surface area contributed by atoms with Gasteiger partial charge >= 0.3 is 0 Å². The van der Waals surface area contributed by atoms with Crippen LogP contribution in [-0.4, -0.2) is 76.1 Å². The van der Waals surface area contributed by atoms with Gasteiger partial charge in [0.15, 0.2) is 0 Å². The molecule has 1 fully saturated rings. The molecule has 0 bridgehead atoms. The molecule has 0 aromatic heterocycles. The van der Waals surface area contributed by atoms with E-state index < -0.39 is 42.7 Å². The normalized spacial score (nSPS) is 21.4. The molecule has 5 N–H and O–H groups in total. The summed E-state index contributed by atoms with van der Waals surface area (Å²) in [6.07, 6.45) is -7.13. The molecular weight excluding hydrogens is 668 g/mol. The van der Waals surface area contributed by atoms with Crippen LogP contribution in [0.3, 0.4) is 0 Å². The SMILES string of the molecule is OCCOc1ccc(C2(c3ccc(OC4O[C@H](CO)[C@@H](O)[C@H](O)[C@H]4O)c(-c4ccccc4)c3)c3ccccc3-c3ccccc32)cc1-c1ccccc1. The summed E-state index contributed by atoms with van der Waals surface area (Å²) in [6.45, 7) is -0.516. The van der Waals surface area contributed by atoms with Gasteiger partial charge in [0.05, 0.1) is 18.6 Å². The monoisotopic (exact) mass is 708 g/mol. The molecule has 1 saturated heterocycles. The molecule has 8 nitrogen and oxygen atoms in total. The van der Waals surface area contributed by atoms with Crippen molar-refractivity contribution in [2.45, 2.75) is 36.1 Å². The standard InChI is InChI=1S/C45H40O8/c46-23-24-51-38-21-19-30(25-34(38)28-11-3-1-4-12-28)45(36-17-9-7-15-32(36)33-16-8-10-18-37(33)45)31-20-22-39(35(26-31)29-13-5-2-6-14-29)52-44-43(50)42(49)41(48)40(27-47)53-44/h1-22,25-26,40-44,46-50H,23-24,27H2/t40-,41-,42+,43-,44?/m1/s1. The van der Waals surface area contributed by atoms with Crippen LogP contribution in [0.5, 0.6) is 11.5 Å². The van der Waals surface area contributed by atoms with Gasteiger partial charge in [0.25, 0.3) is 0 Å². The minimum Gasteiger partial charge on any atom is -0.491 e. The predicted octanol–water partition coefficient (Wildman–Crippen LogP) is 5.93. The number of aliphatic hydroxyl groups is 5. The second kappa shape index (κ2) is 14.6. The van der Waals surface area contributed by atoms with Gasteiger partial charge in [0.1, 0.15) is 42.5 Å². The minimum atomic E-state index is -1.58. The highest BCUT2D eigenvalue weighted by Gasteiger charge is 2.48. The lowest BCUT2D eigenvalue weighted by molar-refractivity contribution is -0.277. The van der Waals surface area contributed by atoms with Crippen molar-refractivity contribution in [3.05, 3.63) is 168 Å². The summed E-state index contributed by atoms with van der Waals surface area (Å²) in [4.78, 5) is 0. The van der Waals surface area contributed by atoms with Crippen molar-refractivity contribution in [2.24, 2.45) is 0 Å². The Bertz CT molecular complexity index is 2160. The number of aliphatic hydroxyl groups excluding tert-OH is 5. The van der Waals surface area contributed by atoms with Crippen LogP contribution in [0.25, 0.3) is 33.4 Å². The molecule has 1 aliphatic carbocycles. The van der Waals surface area contributed by atoms with E-state index in [9.17, 15) is 25.5 Å². The zero-order chi connectivity index (χ0) is 36.5. The Labute approximate surface area is 307 Å². The first-order chi connectivity index (χ1) is 25.9. The summed E-state index contributed by atoms with van der Waals surface area (Å²) < 4.78 is 18.2. The van der Waals surface area contributed by atoms with Crippen molar-refractivity contribution in [1.29, 1.82) is 0 Å². The zero-order valence-electron chi connectivity index (χ0n) is 28.8. The fraction of sp³-hybridized carbons (Fsp3) is 0.200. The Morgan fingerprint density at radius 1 is 0.528 bits per heavy atom. The average molecular weight is 709 g/mol. The summed E-state index contributed by atoms with van der Waals surface area (Å²) in [5.41, 5.74) is 9.03. The van der Waals surface area contributed by atoms with Crippen LogP contribution in [-0.2, 0) is 10.2 Å². The van der Waals surface area contributed by atoms with Crippen LogP contribution in [0.4, 0.5) is 0 Å². The largest absolute Gasteiger partial charge is 0.491 e. The van der Waals surface area contributed by atoms with Gasteiger partial charge in [-0.15, -0.1) is 0 Å². The molecule has 6 aromatic rings. The van der Waals surface area contributed by atoms with Crippen molar-refractivity contribution < 1.29 is 39.7 Å². The third kappa shape index (κ3) is 5.99. The van der Waals surface area contributed by atoms with Crippen LogP contribution in [0.1, 0.15) is 22.3 Å². The Morgan fingerprint density at radius 2 is 1.04 bits per heavy atom. The Kier molecular flexibility index (Phi) is 9.57. The molecule has 8 heteroatoms. The topological polar surface area (TPSA) is 129 Å². The maximum Gasteiger partial charge on any atom is 0.229 e. The lowest BCUT2D eigenvalue weighted by atomic mass is 9.67. The molecule has 0 saturated carbocycles. The molecule has 1 heterocycles. The molecule has 6 aromatic carbocycles. The van der Waals surface area contributed by atoms with E-state index >= 15 is 0 Å². The molecule has 5 atom stereocenters. The third-order valence-electron chi connectivity index (χ3n) is 10.4. The second-order valence-corrected chi connectivity index (χ2v) is 13.4. The van der Waals surface area contributed by atoms with Gasteiger partial charge < -0.3 is 39.7 Å². The van der Waals surface area contributed by atoms with Crippen molar-refractivity contribution in [2.75, 3.05) is 19.8 Å². The van der Waals surface area contributed by atoms with Crippen LogP contribution in [0.2, 0.25) is 0 Å². The molecule has 0 radical (unpaired) electrons. The van der Waals surface area contributed by atoms with E-state index in [0.717, 1.165) is 50.1 Å². The number of benzene rings is 6. The number of hydrogen-bond donors (Lipinski definition) is 5. The number of rotatable bonds is 10. The Hall–Kier alpha value is -5.32. The van der Waals surface area contributed by atoms with Crippen molar-refractivity contribution in [3.8, 4) is 44.9 Å². The summed E-state index contributed by atoms with van der Waals surface area (Å²) in [5.74, 6) is 1.05. The molecule has 8 rings (SSSR count). The quantitative estimate of drug-likeness (QED) is 0.118. The molecular formula is C45H40O8. The summed E-state index contributed by atoms with van der Waals surface area (Å²) >= 11 is 0. The van der Waals surface area contributed by atoms with Crippen LogP contribution < -0.4 is 9.47 Å². The maximum absolute atomic E-state index is 10.9. The van der Waals surface area contributed by atoms with E-state index in [1.54, 1.807) is 0 Å². The minimum absolute atomic E-state index is 0.111. The van der Waals surface area contributed by atoms with Crippen molar-refractivity contribution in [3.63, 3.8) is 0 Å². The maximum atomic E-state index is 10.9. The molecule has 1 unspecified atom stereocenters. The fourth-order valence-electron chi connectivity index (χ4n) is 7.91.